The van der Waals surface area contributed by atoms with Gasteiger partial charge in [0.15, 0.2) is 17.8 Å². The zero-order valence-corrected chi connectivity index (χ0v) is 8.35. The standard InChI is InChI=1S/C11H8O5/c1-5-7(4-12)11(15)6-2-8(13)9(14)3-10(6)16-5/h2-4,13-14H,1H3. The third-order valence-electron chi connectivity index (χ3n) is 2.33. The third kappa shape index (κ3) is 1.33. The summed E-state index contributed by atoms with van der Waals surface area (Å²) in [6, 6.07) is 2.20. The van der Waals surface area contributed by atoms with Crippen molar-refractivity contribution < 1.29 is 19.4 Å². The van der Waals surface area contributed by atoms with Crippen molar-refractivity contribution in [2.24, 2.45) is 0 Å². The number of rotatable bonds is 1. The van der Waals surface area contributed by atoms with Crippen molar-refractivity contribution in [3.8, 4) is 11.5 Å². The van der Waals surface area contributed by atoms with Crippen molar-refractivity contribution in [3.05, 3.63) is 33.7 Å². The monoisotopic (exact) mass is 220 g/mol. The molecule has 0 radical (unpaired) electrons. The molecule has 0 amide bonds. The number of hydrogen-bond acceptors (Lipinski definition) is 5. The minimum absolute atomic E-state index is 0.0583. The molecule has 5 nitrogen and oxygen atoms in total. The fourth-order valence-corrected chi connectivity index (χ4v) is 1.48. The first-order chi connectivity index (χ1) is 7.54. The molecule has 0 atom stereocenters. The summed E-state index contributed by atoms with van der Waals surface area (Å²) in [5.74, 6) is -0.632. The number of carbonyl (C=O) groups is 1. The Morgan fingerprint density at radius 1 is 1.25 bits per heavy atom. The average molecular weight is 220 g/mol. The molecular weight excluding hydrogens is 212 g/mol. The topological polar surface area (TPSA) is 87.7 Å². The Kier molecular flexibility index (Phi) is 2.16. The molecule has 5 heteroatoms. The van der Waals surface area contributed by atoms with Crippen LogP contribution in [0.4, 0.5) is 0 Å². The molecule has 0 bridgehead atoms. The molecule has 0 saturated carbocycles. The lowest BCUT2D eigenvalue weighted by atomic mass is 10.1. The van der Waals surface area contributed by atoms with Crippen LogP contribution in [0.25, 0.3) is 11.0 Å². The smallest absolute Gasteiger partial charge is 0.203 e. The van der Waals surface area contributed by atoms with Gasteiger partial charge in [0.25, 0.3) is 0 Å². The molecule has 1 heterocycles. The van der Waals surface area contributed by atoms with Crippen LogP contribution in [0.1, 0.15) is 16.1 Å². The van der Waals surface area contributed by atoms with Crippen molar-refractivity contribution in [2.75, 3.05) is 0 Å². The fraction of sp³-hybridized carbons (Fsp3) is 0.0909. The molecule has 82 valence electrons. The lowest BCUT2D eigenvalue weighted by Crippen LogP contribution is -2.10. The summed E-state index contributed by atoms with van der Waals surface area (Å²) in [5, 5.41) is 18.6. The molecule has 0 unspecified atom stereocenters. The van der Waals surface area contributed by atoms with E-state index in [1.54, 1.807) is 0 Å². The minimum Gasteiger partial charge on any atom is -0.504 e. The predicted molar refractivity (Wildman–Crippen MR) is 55.9 cm³/mol. The van der Waals surface area contributed by atoms with E-state index in [4.69, 9.17) is 4.42 Å². The maximum absolute atomic E-state index is 11.8. The van der Waals surface area contributed by atoms with E-state index in [1.165, 1.54) is 6.92 Å². The Bertz CT molecular complexity index is 639. The number of carbonyl (C=O) groups excluding carboxylic acids is 1. The molecule has 0 spiro atoms. The van der Waals surface area contributed by atoms with Crippen LogP contribution in [-0.4, -0.2) is 16.5 Å². The largest absolute Gasteiger partial charge is 0.504 e. The summed E-state index contributed by atoms with van der Waals surface area (Å²) >= 11 is 0. The van der Waals surface area contributed by atoms with Crippen molar-refractivity contribution in [1.29, 1.82) is 0 Å². The maximum atomic E-state index is 11.8. The third-order valence-corrected chi connectivity index (χ3v) is 2.33. The molecule has 0 aliphatic rings. The lowest BCUT2D eigenvalue weighted by Gasteiger charge is -2.03. The zero-order valence-electron chi connectivity index (χ0n) is 8.35. The van der Waals surface area contributed by atoms with E-state index in [0.29, 0.717) is 6.29 Å². The van der Waals surface area contributed by atoms with E-state index in [0.717, 1.165) is 12.1 Å². The number of phenolic OH excluding ortho intramolecular Hbond substituents is 2. The quantitative estimate of drug-likeness (QED) is 0.559. The lowest BCUT2D eigenvalue weighted by molar-refractivity contribution is 0.112. The first-order valence-electron chi connectivity index (χ1n) is 4.49. The molecule has 1 aromatic carbocycles. The molecule has 1 aromatic heterocycles. The van der Waals surface area contributed by atoms with Crippen LogP contribution in [0.3, 0.4) is 0 Å². The number of aromatic hydroxyl groups is 2. The number of benzene rings is 1. The first-order valence-corrected chi connectivity index (χ1v) is 4.49. The van der Waals surface area contributed by atoms with Gasteiger partial charge in [-0.3, -0.25) is 9.59 Å². The van der Waals surface area contributed by atoms with Gasteiger partial charge in [-0.2, -0.15) is 0 Å². The second-order valence-electron chi connectivity index (χ2n) is 3.36. The van der Waals surface area contributed by atoms with Gasteiger partial charge in [-0.05, 0) is 13.0 Å². The molecular formula is C11H8O5. The highest BCUT2D eigenvalue weighted by atomic mass is 16.3. The normalized spacial score (nSPS) is 10.6. The van der Waals surface area contributed by atoms with Crippen molar-refractivity contribution in [2.45, 2.75) is 6.92 Å². The van der Waals surface area contributed by atoms with E-state index in [9.17, 15) is 19.8 Å². The van der Waals surface area contributed by atoms with Gasteiger partial charge in [0.05, 0.1) is 5.39 Å². The predicted octanol–water partition coefficient (Wildman–Crippen LogP) is 1.33. The highest BCUT2D eigenvalue weighted by Gasteiger charge is 2.13. The molecule has 16 heavy (non-hydrogen) atoms. The van der Waals surface area contributed by atoms with Gasteiger partial charge in [0, 0.05) is 6.07 Å². The van der Waals surface area contributed by atoms with Crippen LogP contribution >= 0.6 is 0 Å². The Morgan fingerprint density at radius 2 is 1.88 bits per heavy atom. The molecule has 0 aliphatic carbocycles. The van der Waals surface area contributed by atoms with Gasteiger partial charge < -0.3 is 14.6 Å². The van der Waals surface area contributed by atoms with E-state index >= 15 is 0 Å². The molecule has 0 aliphatic heterocycles. The van der Waals surface area contributed by atoms with Crippen LogP contribution in [0, 0.1) is 6.92 Å². The van der Waals surface area contributed by atoms with Crippen molar-refractivity contribution in [1.82, 2.24) is 0 Å². The van der Waals surface area contributed by atoms with Gasteiger partial charge >= 0.3 is 0 Å². The highest BCUT2D eigenvalue weighted by molar-refractivity contribution is 5.87. The van der Waals surface area contributed by atoms with Gasteiger partial charge in [0.1, 0.15) is 16.9 Å². The van der Waals surface area contributed by atoms with E-state index in [-0.39, 0.29) is 28.0 Å². The molecule has 0 fully saturated rings. The van der Waals surface area contributed by atoms with Crippen molar-refractivity contribution >= 4 is 17.3 Å². The van der Waals surface area contributed by atoms with Crippen LogP contribution in [-0.2, 0) is 0 Å². The summed E-state index contributed by atoms with van der Waals surface area (Å²) < 4.78 is 5.20. The second-order valence-corrected chi connectivity index (χ2v) is 3.36. The number of aryl methyl sites for hydroxylation is 1. The van der Waals surface area contributed by atoms with E-state index < -0.39 is 11.2 Å². The number of hydrogen-bond donors (Lipinski definition) is 2. The number of fused-ring (bicyclic) bond motifs is 1. The van der Waals surface area contributed by atoms with Crippen molar-refractivity contribution in [3.63, 3.8) is 0 Å². The number of aldehydes is 1. The summed E-state index contributed by atoms with van der Waals surface area (Å²) in [7, 11) is 0. The maximum Gasteiger partial charge on any atom is 0.203 e. The summed E-state index contributed by atoms with van der Waals surface area (Å²) in [4.78, 5) is 22.4. The Balaban J connectivity index is 2.99. The average Bonchev–Trinajstić information content (AvgIpc) is 2.22. The number of phenols is 2. The molecule has 2 rings (SSSR count). The van der Waals surface area contributed by atoms with Crippen LogP contribution in [0.15, 0.2) is 21.3 Å². The summed E-state index contributed by atoms with van der Waals surface area (Å²) in [6.45, 7) is 1.48. The Labute approximate surface area is 89.6 Å². The minimum atomic E-state index is -0.524. The van der Waals surface area contributed by atoms with Gasteiger partial charge in [-0.1, -0.05) is 0 Å². The Hall–Kier alpha value is -2.30. The first kappa shape index (κ1) is 10.2. The Morgan fingerprint density at radius 3 is 2.50 bits per heavy atom. The second kappa shape index (κ2) is 3.37. The van der Waals surface area contributed by atoms with Gasteiger partial charge in [0.2, 0.25) is 5.43 Å². The van der Waals surface area contributed by atoms with E-state index in [1.807, 2.05) is 0 Å². The fourth-order valence-electron chi connectivity index (χ4n) is 1.48. The summed E-state index contributed by atoms with van der Waals surface area (Å²) in [5.41, 5.74) is -0.481. The highest BCUT2D eigenvalue weighted by Crippen LogP contribution is 2.29. The molecule has 2 aromatic rings. The zero-order chi connectivity index (χ0) is 11.9. The van der Waals surface area contributed by atoms with Crippen LogP contribution < -0.4 is 5.43 Å². The summed E-state index contributed by atoms with van der Waals surface area (Å²) in [6.07, 6.45) is 0.407. The molecule has 2 N–H and O–H groups in total. The SMILES string of the molecule is Cc1oc2cc(O)c(O)cc2c(=O)c1C=O. The van der Waals surface area contributed by atoms with Crippen LogP contribution in [0.2, 0.25) is 0 Å². The van der Waals surface area contributed by atoms with Gasteiger partial charge in [-0.15, -0.1) is 0 Å². The molecule has 0 saturated heterocycles. The van der Waals surface area contributed by atoms with E-state index in [2.05, 4.69) is 0 Å². The van der Waals surface area contributed by atoms with Gasteiger partial charge in [-0.25, -0.2) is 0 Å². The van der Waals surface area contributed by atoms with Crippen LogP contribution in [0.5, 0.6) is 11.5 Å².